The summed E-state index contributed by atoms with van der Waals surface area (Å²) in [5.41, 5.74) is 0. The lowest BCUT2D eigenvalue weighted by atomic mass is 9.78. The van der Waals surface area contributed by atoms with E-state index in [1.807, 2.05) is 6.92 Å². The topological polar surface area (TPSA) is 72.5 Å². The minimum Gasteiger partial charge on any atom is -0.466 e. The molecule has 47 heavy (non-hydrogen) atoms. The number of unbranched alkanes of at least 4 members (excludes halogenated alkanes) is 9. The zero-order valence-electron chi connectivity index (χ0n) is 32.1. The van der Waals surface area contributed by atoms with Crippen LogP contribution < -0.4 is 0 Å². The van der Waals surface area contributed by atoms with Crippen molar-refractivity contribution in [3.8, 4) is 0 Å². The van der Waals surface area contributed by atoms with Crippen LogP contribution >= 0.6 is 0 Å². The van der Waals surface area contributed by atoms with Crippen LogP contribution in [0.25, 0.3) is 0 Å². The number of hydrogen-bond donors (Lipinski definition) is 0. The maximum absolute atomic E-state index is 11.5. The van der Waals surface area contributed by atoms with Gasteiger partial charge in [0, 0.05) is 18.9 Å². The van der Waals surface area contributed by atoms with E-state index < -0.39 is 0 Å². The summed E-state index contributed by atoms with van der Waals surface area (Å²) >= 11 is 0. The number of carbonyl (C=O) groups excluding carboxylic acids is 1. The van der Waals surface area contributed by atoms with E-state index >= 15 is 0 Å². The first-order valence-corrected chi connectivity index (χ1v) is 20.0. The van der Waals surface area contributed by atoms with Gasteiger partial charge in [-0.25, -0.2) is 0 Å². The predicted molar refractivity (Wildman–Crippen MR) is 194 cm³/mol. The van der Waals surface area contributed by atoms with Gasteiger partial charge in [0.25, 0.3) is 0 Å². The second kappa shape index (κ2) is 30.1. The fraction of sp³-hybridized carbons (Fsp3) is 0.975. The first-order chi connectivity index (χ1) is 22.8. The van der Waals surface area contributed by atoms with Crippen LogP contribution in [0.1, 0.15) is 158 Å². The summed E-state index contributed by atoms with van der Waals surface area (Å²) in [6, 6.07) is 0. The molecule has 0 aromatic rings. The van der Waals surface area contributed by atoms with Crippen LogP contribution in [-0.2, 0) is 33.2 Å². The summed E-state index contributed by atoms with van der Waals surface area (Å²) in [6.45, 7) is 20.4. The van der Waals surface area contributed by atoms with Crippen LogP contribution in [-0.4, -0.2) is 71.2 Å². The first-order valence-electron chi connectivity index (χ1n) is 20.0. The van der Waals surface area contributed by atoms with Crippen LogP contribution in [0.4, 0.5) is 0 Å². The number of hydrogen-bond acceptors (Lipinski definition) is 7. The van der Waals surface area contributed by atoms with Crippen LogP contribution in [0, 0.1) is 29.6 Å². The minimum absolute atomic E-state index is 0.0507. The van der Waals surface area contributed by atoms with Crippen molar-refractivity contribution in [2.45, 2.75) is 170 Å². The zero-order chi connectivity index (χ0) is 34.5. The molecule has 280 valence electrons. The highest BCUT2D eigenvalue weighted by molar-refractivity contribution is 5.69. The number of carbonyl (C=O) groups is 1. The van der Waals surface area contributed by atoms with Crippen LogP contribution in [0.3, 0.4) is 0 Å². The average molecular weight is 671 g/mol. The van der Waals surface area contributed by atoms with Crippen molar-refractivity contribution in [2.75, 3.05) is 52.9 Å². The summed E-state index contributed by atoms with van der Waals surface area (Å²) < 4.78 is 34.6. The number of ether oxygens (including phenoxy) is 6. The summed E-state index contributed by atoms with van der Waals surface area (Å²) in [5.74, 6) is 3.05. The lowest BCUT2D eigenvalue weighted by Gasteiger charge is -2.43. The molecule has 0 spiro atoms. The fourth-order valence-electron chi connectivity index (χ4n) is 6.99. The van der Waals surface area contributed by atoms with Crippen molar-refractivity contribution in [2.24, 2.45) is 29.6 Å². The number of esters is 1. The summed E-state index contributed by atoms with van der Waals surface area (Å²) in [5, 5.41) is 0. The van der Waals surface area contributed by atoms with Crippen LogP contribution in [0.15, 0.2) is 0 Å². The molecule has 0 N–H and O–H groups in total. The Balaban J connectivity index is 2.14. The monoisotopic (exact) mass is 671 g/mol. The Morgan fingerprint density at radius 3 is 1.81 bits per heavy atom. The smallest absolute Gasteiger partial charge is 0.305 e. The maximum Gasteiger partial charge on any atom is 0.305 e. The summed E-state index contributed by atoms with van der Waals surface area (Å²) in [6.07, 6.45) is 20.8. The van der Waals surface area contributed by atoms with E-state index in [9.17, 15) is 4.79 Å². The molecule has 0 amide bonds. The van der Waals surface area contributed by atoms with Gasteiger partial charge in [-0.1, -0.05) is 119 Å². The molecule has 7 heteroatoms. The Kier molecular flexibility index (Phi) is 28.4. The van der Waals surface area contributed by atoms with Crippen molar-refractivity contribution >= 4 is 5.97 Å². The molecule has 1 rings (SSSR count). The molecule has 1 fully saturated rings. The van der Waals surface area contributed by atoms with E-state index in [2.05, 4.69) is 41.5 Å². The first kappa shape index (κ1) is 44.3. The third-order valence-corrected chi connectivity index (χ3v) is 10.6. The molecule has 0 aromatic heterocycles. The van der Waals surface area contributed by atoms with Crippen molar-refractivity contribution < 1.29 is 33.2 Å². The Morgan fingerprint density at radius 1 is 0.617 bits per heavy atom. The minimum atomic E-state index is -0.137. The highest BCUT2D eigenvalue weighted by atomic mass is 16.7. The molecule has 0 saturated carbocycles. The average Bonchev–Trinajstić information content (AvgIpc) is 3.06. The Bertz CT molecular complexity index is 702. The van der Waals surface area contributed by atoms with E-state index in [0.717, 1.165) is 44.1 Å². The molecule has 1 heterocycles. The lowest BCUT2D eigenvalue weighted by Crippen LogP contribution is -2.45. The molecule has 7 nitrogen and oxygen atoms in total. The van der Waals surface area contributed by atoms with Gasteiger partial charge in [0.1, 0.15) is 0 Å². The van der Waals surface area contributed by atoms with Crippen molar-refractivity contribution in [1.82, 2.24) is 0 Å². The molecule has 1 aliphatic rings. The molecule has 0 radical (unpaired) electrons. The molecular weight excluding hydrogens is 592 g/mol. The normalized spacial score (nSPS) is 22.7. The lowest BCUT2D eigenvalue weighted by molar-refractivity contribution is -0.251. The Morgan fingerprint density at radius 2 is 1.17 bits per heavy atom. The molecule has 0 aliphatic carbocycles. The van der Waals surface area contributed by atoms with Gasteiger partial charge in [0.05, 0.1) is 52.4 Å². The van der Waals surface area contributed by atoms with E-state index in [-0.39, 0.29) is 18.4 Å². The van der Waals surface area contributed by atoms with E-state index in [1.54, 1.807) is 0 Å². The third-order valence-electron chi connectivity index (χ3n) is 10.6. The number of rotatable bonds is 32. The maximum atomic E-state index is 11.5. The summed E-state index contributed by atoms with van der Waals surface area (Å²) in [7, 11) is 0. The van der Waals surface area contributed by atoms with Gasteiger partial charge in [-0.15, -0.1) is 0 Å². The summed E-state index contributed by atoms with van der Waals surface area (Å²) in [4.78, 5) is 11.5. The molecule has 1 saturated heterocycles. The standard InChI is InChI=1S/C40H78O7/c1-8-11-12-13-15-18-22-33(4)37(23-19-16-14-17-20-25-39(41)45-10-3)24-21-26-42-27-28-43-29-30-44-31-32-46-40-36(7)34(5)35(6)38(9-2)47-40/h33-38,40H,8-32H2,1-7H3. The van der Waals surface area contributed by atoms with Gasteiger partial charge in [-0.2, -0.15) is 0 Å². The van der Waals surface area contributed by atoms with E-state index in [1.165, 1.54) is 77.0 Å². The molecule has 7 unspecified atom stereocenters. The molecule has 0 aromatic carbocycles. The highest BCUT2D eigenvalue weighted by Crippen LogP contribution is 2.36. The van der Waals surface area contributed by atoms with Crippen molar-refractivity contribution in [3.05, 3.63) is 0 Å². The Labute approximate surface area is 291 Å². The van der Waals surface area contributed by atoms with Crippen LogP contribution in [0.2, 0.25) is 0 Å². The molecule has 7 atom stereocenters. The largest absolute Gasteiger partial charge is 0.466 e. The third kappa shape index (κ3) is 21.9. The predicted octanol–water partition coefficient (Wildman–Crippen LogP) is 10.2. The van der Waals surface area contributed by atoms with E-state index in [0.29, 0.717) is 70.4 Å². The van der Waals surface area contributed by atoms with Gasteiger partial charge >= 0.3 is 5.97 Å². The van der Waals surface area contributed by atoms with Gasteiger partial charge in [0.2, 0.25) is 0 Å². The fourth-order valence-corrected chi connectivity index (χ4v) is 6.99. The van der Waals surface area contributed by atoms with Crippen molar-refractivity contribution in [1.29, 1.82) is 0 Å². The van der Waals surface area contributed by atoms with Gasteiger partial charge in [-0.05, 0) is 56.3 Å². The van der Waals surface area contributed by atoms with E-state index in [4.69, 9.17) is 28.4 Å². The Hall–Kier alpha value is -0.730. The second-order valence-corrected chi connectivity index (χ2v) is 14.3. The zero-order valence-corrected chi connectivity index (χ0v) is 32.1. The van der Waals surface area contributed by atoms with Crippen molar-refractivity contribution in [3.63, 3.8) is 0 Å². The van der Waals surface area contributed by atoms with Gasteiger partial charge in [0.15, 0.2) is 6.29 Å². The van der Waals surface area contributed by atoms with Gasteiger partial charge < -0.3 is 28.4 Å². The SMILES string of the molecule is CCCCCCCCC(C)C(CCCCCCCC(=O)OCC)CCCOCCOCCOCCOC1OC(CC)C(C)C(C)C1C. The second-order valence-electron chi connectivity index (χ2n) is 14.3. The molecule has 1 aliphatic heterocycles. The quantitative estimate of drug-likeness (QED) is 0.0521. The van der Waals surface area contributed by atoms with Crippen LogP contribution in [0.5, 0.6) is 0 Å². The van der Waals surface area contributed by atoms with Gasteiger partial charge in [-0.3, -0.25) is 4.79 Å². The molecular formula is C40H78O7. The highest BCUT2D eigenvalue weighted by Gasteiger charge is 2.38. The molecule has 0 bridgehead atoms.